The van der Waals surface area contributed by atoms with Crippen LogP contribution < -0.4 is 10.3 Å². The molecule has 32 heavy (non-hydrogen) atoms. The maximum Gasteiger partial charge on any atom is 0.339 e. The van der Waals surface area contributed by atoms with Gasteiger partial charge in [-0.2, -0.15) is 0 Å². The second-order valence-electron chi connectivity index (χ2n) is 9.08. The van der Waals surface area contributed by atoms with Crippen LogP contribution in [0.5, 0.6) is 5.75 Å². The van der Waals surface area contributed by atoms with E-state index in [9.17, 15) is 14.7 Å². The van der Waals surface area contributed by atoms with E-state index in [0.29, 0.717) is 29.8 Å². The number of fused-ring (bicyclic) bond motifs is 2. The van der Waals surface area contributed by atoms with E-state index in [0.717, 1.165) is 35.1 Å². The van der Waals surface area contributed by atoms with Crippen molar-refractivity contribution in [3.8, 4) is 16.9 Å². The van der Waals surface area contributed by atoms with E-state index < -0.39 is 17.7 Å². The normalized spacial score (nSPS) is 14.6. The predicted molar refractivity (Wildman–Crippen MR) is 124 cm³/mol. The molecule has 1 aromatic heterocycles. The average Bonchev–Trinajstić information content (AvgIpc) is 2.76. The molecule has 2 aromatic carbocycles. The number of aliphatic carboxylic acids is 1. The fraction of sp³-hybridized carbons (Fsp3) is 0.385. The highest BCUT2D eigenvalue weighted by atomic mass is 16.5. The molecule has 1 atom stereocenters. The Morgan fingerprint density at radius 2 is 1.91 bits per heavy atom. The highest BCUT2D eigenvalue weighted by Gasteiger charge is 2.33. The summed E-state index contributed by atoms with van der Waals surface area (Å²) >= 11 is 0. The standard InChI is InChI=1S/C26H29NO5/c1-5-27-22(23(25(29)30)32-26(2,3)4)21(18-10-6-7-11-19(18)24(27)28)17-12-13-20-16(15-17)9-8-14-31-20/h6-7,10-13,15,23H,5,8-9,14H2,1-4H3,(H,29,30). The lowest BCUT2D eigenvalue weighted by molar-refractivity contribution is -0.161. The van der Waals surface area contributed by atoms with Crippen LogP contribution >= 0.6 is 0 Å². The SMILES string of the molecule is CCn1c(C(OC(C)(C)C)C(=O)O)c(-c2ccc3c(c2)CCCO3)c2ccccc2c1=O. The molecule has 0 radical (unpaired) electrons. The first-order valence-electron chi connectivity index (χ1n) is 11.0. The monoisotopic (exact) mass is 435 g/mol. The van der Waals surface area contributed by atoms with Crippen LogP contribution in [0.2, 0.25) is 0 Å². The second-order valence-corrected chi connectivity index (χ2v) is 9.08. The van der Waals surface area contributed by atoms with Crippen LogP contribution in [0.25, 0.3) is 21.9 Å². The van der Waals surface area contributed by atoms with Gasteiger partial charge < -0.3 is 19.1 Å². The third-order valence-corrected chi connectivity index (χ3v) is 5.68. The van der Waals surface area contributed by atoms with Crippen molar-refractivity contribution in [2.45, 2.75) is 58.8 Å². The molecule has 168 valence electrons. The lowest BCUT2D eigenvalue weighted by atomic mass is 9.92. The molecule has 3 aromatic rings. The molecular weight excluding hydrogens is 406 g/mol. The summed E-state index contributed by atoms with van der Waals surface area (Å²) in [6, 6.07) is 13.3. The summed E-state index contributed by atoms with van der Waals surface area (Å²) < 4.78 is 13.3. The van der Waals surface area contributed by atoms with Gasteiger partial charge in [-0.3, -0.25) is 4.79 Å². The van der Waals surface area contributed by atoms with Crippen LogP contribution in [-0.2, 0) is 22.5 Å². The molecular formula is C26H29NO5. The molecule has 2 heterocycles. The van der Waals surface area contributed by atoms with E-state index in [-0.39, 0.29) is 5.56 Å². The molecule has 6 nitrogen and oxygen atoms in total. The molecule has 0 aliphatic carbocycles. The Bertz CT molecular complexity index is 1240. The number of aromatic nitrogens is 1. The molecule has 1 unspecified atom stereocenters. The summed E-state index contributed by atoms with van der Waals surface area (Å²) in [5.41, 5.74) is 2.09. The maximum atomic E-state index is 13.4. The lowest BCUT2D eigenvalue weighted by Gasteiger charge is -2.29. The van der Waals surface area contributed by atoms with Crippen LogP contribution in [0.3, 0.4) is 0 Å². The van der Waals surface area contributed by atoms with Crippen LogP contribution in [-0.4, -0.2) is 27.9 Å². The quantitative estimate of drug-likeness (QED) is 0.613. The van der Waals surface area contributed by atoms with Crippen molar-refractivity contribution in [1.82, 2.24) is 4.57 Å². The molecule has 6 heteroatoms. The van der Waals surface area contributed by atoms with Gasteiger partial charge in [-0.25, -0.2) is 4.79 Å². The fourth-order valence-corrected chi connectivity index (χ4v) is 4.40. The van der Waals surface area contributed by atoms with E-state index in [1.807, 2.05) is 58.0 Å². The van der Waals surface area contributed by atoms with Crippen molar-refractivity contribution in [2.24, 2.45) is 0 Å². The third kappa shape index (κ3) is 4.02. The molecule has 0 saturated heterocycles. The second kappa shape index (κ2) is 8.43. The van der Waals surface area contributed by atoms with Gasteiger partial charge in [-0.15, -0.1) is 0 Å². The minimum absolute atomic E-state index is 0.216. The molecule has 1 N–H and O–H groups in total. The zero-order valence-corrected chi connectivity index (χ0v) is 19.0. The van der Waals surface area contributed by atoms with Gasteiger partial charge >= 0.3 is 5.97 Å². The number of hydrogen-bond acceptors (Lipinski definition) is 4. The van der Waals surface area contributed by atoms with Gasteiger partial charge in [-0.05, 0) is 75.2 Å². The van der Waals surface area contributed by atoms with Crippen molar-refractivity contribution in [3.05, 3.63) is 64.1 Å². The van der Waals surface area contributed by atoms with Gasteiger partial charge in [0.25, 0.3) is 5.56 Å². The Morgan fingerprint density at radius 1 is 1.19 bits per heavy atom. The summed E-state index contributed by atoms with van der Waals surface area (Å²) in [6.45, 7) is 8.32. The van der Waals surface area contributed by atoms with Crippen molar-refractivity contribution in [2.75, 3.05) is 6.61 Å². The summed E-state index contributed by atoms with van der Waals surface area (Å²) in [5.74, 6) is -0.269. The van der Waals surface area contributed by atoms with Gasteiger partial charge in [-0.1, -0.05) is 24.3 Å². The van der Waals surface area contributed by atoms with E-state index in [1.54, 1.807) is 6.07 Å². The molecule has 1 aliphatic rings. The summed E-state index contributed by atoms with van der Waals surface area (Å²) in [5, 5.41) is 11.5. The maximum absolute atomic E-state index is 13.4. The number of carboxylic acids is 1. The summed E-state index contributed by atoms with van der Waals surface area (Å²) in [4.78, 5) is 25.8. The number of pyridine rings is 1. The van der Waals surface area contributed by atoms with Crippen molar-refractivity contribution in [1.29, 1.82) is 0 Å². The molecule has 0 bridgehead atoms. The zero-order chi connectivity index (χ0) is 23.0. The fourth-order valence-electron chi connectivity index (χ4n) is 4.40. The largest absolute Gasteiger partial charge is 0.493 e. The molecule has 0 spiro atoms. The minimum atomic E-state index is -1.30. The van der Waals surface area contributed by atoms with Crippen LogP contribution in [0.4, 0.5) is 0 Å². The first-order chi connectivity index (χ1) is 15.2. The van der Waals surface area contributed by atoms with Gasteiger partial charge in [0.1, 0.15) is 5.75 Å². The Morgan fingerprint density at radius 3 is 2.56 bits per heavy atom. The van der Waals surface area contributed by atoms with Crippen molar-refractivity contribution in [3.63, 3.8) is 0 Å². The Labute approximate surface area is 187 Å². The van der Waals surface area contributed by atoms with Crippen molar-refractivity contribution < 1.29 is 19.4 Å². The van der Waals surface area contributed by atoms with Gasteiger partial charge in [0.15, 0.2) is 6.10 Å². The number of nitrogens with zero attached hydrogens (tertiary/aromatic N) is 1. The summed E-state index contributed by atoms with van der Waals surface area (Å²) in [6.07, 6.45) is 0.531. The van der Waals surface area contributed by atoms with E-state index >= 15 is 0 Å². The molecule has 0 saturated carbocycles. The third-order valence-electron chi connectivity index (χ3n) is 5.68. The lowest BCUT2D eigenvalue weighted by Crippen LogP contribution is -2.33. The van der Waals surface area contributed by atoms with Gasteiger partial charge in [0, 0.05) is 17.5 Å². The van der Waals surface area contributed by atoms with Crippen LogP contribution in [0, 0.1) is 0 Å². The predicted octanol–water partition coefficient (Wildman–Crippen LogP) is 4.95. The first kappa shape index (κ1) is 22.1. The van der Waals surface area contributed by atoms with E-state index in [4.69, 9.17) is 9.47 Å². The van der Waals surface area contributed by atoms with Gasteiger partial charge in [0.05, 0.1) is 17.9 Å². The Hall–Kier alpha value is -3.12. The number of carboxylic acid groups (broad SMARTS) is 1. The number of ether oxygens (including phenoxy) is 2. The Balaban J connectivity index is 2.10. The number of carbonyl (C=O) groups is 1. The molecule has 0 amide bonds. The Kier molecular flexibility index (Phi) is 5.82. The zero-order valence-electron chi connectivity index (χ0n) is 19.0. The number of hydrogen-bond donors (Lipinski definition) is 1. The molecule has 0 fully saturated rings. The number of benzene rings is 2. The van der Waals surface area contributed by atoms with Gasteiger partial charge in [0.2, 0.25) is 0 Å². The van der Waals surface area contributed by atoms with Crippen LogP contribution in [0.15, 0.2) is 47.3 Å². The van der Waals surface area contributed by atoms with Crippen LogP contribution in [0.1, 0.15) is 51.5 Å². The smallest absolute Gasteiger partial charge is 0.339 e. The van der Waals surface area contributed by atoms with E-state index in [1.165, 1.54) is 4.57 Å². The first-order valence-corrected chi connectivity index (χ1v) is 11.0. The highest BCUT2D eigenvalue weighted by molar-refractivity contribution is 5.99. The highest BCUT2D eigenvalue weighted by Crippen LogP contribution is 2.39. The molecule has 4 rings (SSSR count). The topological polar surface area (TPSA) is 77.8 Å². The number of aryl methyl sites for hydroxylation is 1. The number of rotatable bonds is 5. The van der Waals surface area contributed by atoms with E-state index in [2.05, 4.69) is 6.07 Å². The molecule has 1 aliphatic heterocycles. The summed E-state index contributed by atoms with van der Waals surface area (Å²) in [7, 11) is 0. The average molecular weight is 436 g/mol. The minimum Gasteiger partial charge on any atom is -0.493 e. The van der Waals surface area contributed by atoms with Crippen molar-refractivity contribution >= 4 is 16.7 Å².